The summed E-state index contributed by atoms with van der Waals surface area (Å²) < 4.78 is 52.4. The minimum absolute atomic E-state index is 0.0426. The number of fused-ring (bicyclic) bond motifs is 1. The zero-order valence-corrected chi connectivity index (χ0v) is 24.8. The van der Waals surface area contributed by atoms with Gasteiger partial charge >= 0.3 is 5.97 Å². The van der Waals surface area contributed by atoms with Crippen molar-refractivity contribution in [3.8, 4) is 5.75 Å². The molecule has 2 aliphatic rings. The number of unbranched alkanes of at least 4 members (excludes halogenated alkanes) is 1. The molecule has 4 rings (SSSR count). The number of anilines is 1. The van der Waals surface area contributed by atoms with E-state index in [-0.39, 0.29) is 43.7 Å². The Morgan fingerprint density at radius 1 is 1.19 bits per heavy atom. The fourth-order valence-electron chi connectivity index (χ4n) is 5.67. The van der Waals surface area contributed by atoms with Gasteiger partial charge in [0.1, 0.15) is 35.9 Å². The van der Waals surface area contributed by atoms with Crippen LogP contribution >= 0.6 is 0 Å². The minimum Gasteiger partial charge on any atom is -0.496 e. The summed E-state index contributed by atoms with van der Waals surface area (Å²) in [5.74, 6) is -2.79. The number of aromatic nitrogens is 1. The summed E-state index contributed by atoms with van der Waals surface area (Å²) in [7, 11) is 2.68. The van der Waals surface area contributed by atoms with Crippen LogP contribution in [0.25, 0.3) is 0 Å². The highest BCUT2D eigenvalue weighted by Gasteiger charge is 2.55. The highest BCUT2D eigenvalue weighted by atomic mass is 19.1. The normalized spacial score (nSPS) is 16.6. The molecule has 1 aliphatic heterocycles. The molecule has 2 unspecified atom stereocenters. The molecule has 0 saturated heterocycles. The molecule has 1 aromatic heterocycles. The van der Waals surface area contributed by atoms with Crippen LogP contribution in [0.3, 0.4) is 0 Å². The van der Waals surface area contributed by atoms with E-state index in [1.165, 1.54) is 19.8 Å². The molecule has 0 radical (unpaired) electrons. The quantitative estimate of drug-likeness (QED) is 0.232. The van der Waals surface area contributed by atoms with Crippen molar-refractivity contribution in [2.45, 2.75) is 68.9 Å². The average Bonchev–Trinajstić information content (AvgIpc) is 3.80. The molecular weight excluding hydrogens is 565 g/mol. The maximum atomic E-state index is 14.8. The van der Waals surface area contributed by atoms with Crippen molar-refractivity contribution < 1.29 is 37.3 Å². The number of nitrogens with zero attached hydrogens (tertiary/aromatic N) is 2. The van der Waals surface area contributed by atoms with Crippen molar-refractivity contribution >= 4 is 17.7 Å². The zero-order chi connectivity index (χ0) is 31.0. The molecule has 3 N–H and O–H groups in total. The van der Waals surface area contributed by atoms with Gasteiger partial charge in [0.15, 0.2) is 0 Å². The Morgan fingerprint density at radius 2 is 1.98 bits per heavy atom. The third kappa shape index (κ3) is 8.17. The summed E-state index contributed by atoms with van der Waals surface area (Å²) in [6.07, 6.45) is 4.42. The Balaban J connectivity index is 1.36. The van der Waals surface area contributed by atoms with Crippen LogP contribution < -0.4 is 15.4 Å². The summed E-state index contributed by atoms with van der Waals surface area (Å²) in [6.45, 7) is 1.33. The van der Waals surface area contributed by atoms with Gasteiger partial charge in [-0.15, -0.1) is 0 Å². The number of carbonyl (C=O) groups is 2. The summed E-state index contributed by atoms with van der Waals surface area (Å²) >= 11 is 0. The van der Waals surface area contributed by atoms with E-state index in [4.69, 9.17) is 14.5 Å². The summed E-state index contributed by atoms with van der Waals surface area (Å²) in [5.41, 5.74) is 0.823. The van der Waals surface area contributed by atoms with Gasteiger partial charge in [-0.1, -0.05) is 6.07 Å². The largest absolute Gasteiger partial charge is 0.496 e. The first kappa shape index (κ1) is 32.5. The van der Waals surface area contributed by atoms with Gasteiger partial charge in [-0.3, -0.25) is 4.79 Å². The zero-order valence-electron chi connectivity index (χ0n) is 24.8. The van der Waals surface area contributed by atoms with Crippen LogP contribution in [0.1, 0.15) is 55.3 Å². The third-order valence-electron chi connectivity index (χ3n) is 8.32. The number of alkyl halides is 1. The van der Waals surface area contributed by atoms with E-state index >= 15 is 0 Å². The number of benzene rings is 1. The Hall–Kier alpha value is -3.38. The molecule has 1 aliphatic carbocycles. The lowest BCUT2D eigenvalue weighted by molar-refractivity contribution is -0.142. The van der Waals surface area contributed by atoms with Gasteiger partial charge in [0.05, 0.1) is 18.6 Å². The molecule has 1 saturated carbocycles. The molecule has 0 bridgehead atoms. The second-order valence-corrected chi connectivity index (χ2v) is 11.3. The van der Waals surface area contributed by atoms with Crippen molar-refractivity contribution in [1.29, 1.82) is 0 Å². The molecule has 1 fully saturated rings. The first-order valence-corrected chi connectivity index (χ1v) is 14.8. The molecule has 1 aromatic carbocycles. The predicted molar refractivity (Wildman–Crippen MR) is 155 cm³/mol. The number of hydrogen-bond acceptors (Lipinski definition) is 7. The SMILES string of the molecule is COc1cc(F)cc(F)c1C1(C(=O)NC(CCN(CCCCc2ccc3c(n2)NCCC3)CC(CF)OC)C(=O)O)CC1. The van der Waals surface area contributed by atoms with Crippen LogP contribution in [-0.2, 0) is 32.6 Å². The van der Waals surface area contributed by atoms with Gasteiger partial charge in [-0.05, 0) is 69.5 Å². The first-order valence-electron chi connectivity index (χ1n) is 14.8. The Bertz CT molecular complexity index is 1270. The van der Waals surface area contributed by atoms with Crippen molar-refractivity contribution in [2.75, 3.05) is 52.4 Å². The van der Waals surface area contributed by atoms with Gasteiger partial charge in [0.2, 0.25) is 5.91 Å². The molecule has 12 heteroatoms. The topological polar surface area (TPSA) is 113 Å². The number of ether oxygens (including phenoxy) is 2. The number of hydrogen-bond donors (Lipinski definition) is 3. The van der Waals surface area contributed by atoms with Crippen LogP contribution in [0.15, 0.2) is 24.3 Å². The van der Waals surface area contributed by atoms with Gasteiger partial charge in [0, 0.05) is 50.1 Å². The highest BCUT2D eigenvalue weighted by Crippen LogP contribution is 2.52. The number of aliphatic carboxylic acids is 1. The van der Waals surface area contributed by atoms with Crippen LogP contribution in [0.2, 0.25) is 0 Å². The number of pyridine rings is 1. The number of carboxylic acids is 1. The van der Waals surface area contributed by atoms with E-state index in [1.807, 2.05) is 11.0 Å². The van der Waals surface area contributed by atoms with Crippen molar-refractivity contribution in [2.24, 2.45) is 0 Å². The fraction of sp³-hybridized carbons (Fsp3) is 0.581. The number of amides is 1. The number of aryl methyl sites for hydroxylation is 2. The highest BCUT2D eigenvalue weighted by molar-refractivity contribution is 5.94. The van der Waals surface area contributed by atoms with Gasteiger partial charge in [-0.25, -0.2) is 22.9 Å². The molecule has 9 nitrogen and oxygen atoms in total. The monoisotopic (exact) mass is 606 g/mol. The maximum absolute atomic E-state index is 14.8. The summed E-state index contributed by atoms with van der Waals surface area (Å²) in [4.78, 5) is 32.1. The maximum Gasteiger partial charge on any atom is 0.326 e. The van der Waals surface area contributed by atoms with Crippen LogP contribution in [0, 0.1) is 11.6 Å². The lowest BCUT2D eigenvalue weighted by Crippen LogP contribution is -2.48. The first-order chi connectivity index (χ1) is 20.7. The number of carboxylic acid groups (broad SMARTS) is 1. The van der Waals surface area contributed by atoms with Crippen molar-refractivity contribution in [1.82, 2.24) is 15.2 Å². The second-order valence-electron chi connectivity index (χ2n) is 11.3. The van der Waals surface area contributed by atoms with Gasteiger partial charge in [0.25, 0.3) is 0 Å². The lowest BCUT2D eigenvalue weighted by atomic mass is 9.92. The molecule has 2 aromatic rings. The molecule has 1 amide bonds. The van der Waals surface area contributed by atoms with Gasteiger partial charge < -0.3 is 30.1 Å². The average molecular weight is 607 g/mol. The molecular formula is C31H41F3N4O5. The molecule has 43 heavy (non-hydrogen) atoms. The van der Waals surface area contributed by atoms with E-state index in [0.29, 0.717) is 12.6 Å². The number of carbonyl (C=O) groups excluding carboxylic acids is 1. The predicted octanol–water partition coefficient (Wildman–Crippen LogP) is 4.03. The number of rotatable bonds is 17. The minimum atomic E-state index is -1.33. The van der Waals surface area contributed by atoms with Crippen molar-refractivity contribution in [3.05, 3.63) is 52.7 Å². The smallest absolute Gasteiger partial charge is 0.326 e. The summed E-state index contributed by atoms with van der Waals surface area (Å²) in [6, 6.07) is 4.60. The van der Waals surface area contributed by atoms with E-state index < -0.39 is 47.7 Å². The van der Waals surface area contributed by atoms with Crippen LogP contribution in [0.5, 0.6) is 5.75 Å². The molecule has 2 heterocycles. The second kappa shape index (κ2) is 14.9. The van der Waals surface area contributed by atoms with Crippen LogP contribution in [0.4, 0.5) is 19.0 Å². The fourth-order valence-corrected chi connectivity index (χ4v) is 5.67. The van der Waals surface area contributed by atoms with E-state index in [9.17, 15) is 27.9 Å². The lowest BCUT2D eigenvalue weighted by Gasteiger charge is -2.28. The number of halogens is 3. The third-order valence-corrected chi connectivity index (χ3v) is 8.32. The molecule has 0 spiro atoms. The molecule has 2 atom stereocenters. The van der Waals surface area contributed by atoms with E-state index in [1.54, 1.807) is 0 Å². The number of methoxy groups -OCH3 is 2. The Kier molecular flexibility index (Phi) is 11.3. The van der Waals surface area contributed by atoms with E-state index in [0.717, 1.165) is 56.2 Å². The summed E-state index contributed by atoms with van der Waals surface area (Å²) in [5, 5.41) is 15.8. The van der Waals surface area contributed by atoms with Gasteiger partial charge in [-0.2, -0.15) is 0 Å². The van der Waals surface area contributed by atoms with E-state index in [2.05, 4.69) is 16.7 Å². The standard InChI is InChI=1S/C31H41F3N4O5/c1-42-23(18-32)19-38(14-4-3-7-22-9-8-20-6-5-13-35-28(20)36-22)15-10-25(29(39)40)37-30(41)31(11-12-31)27-24(34)16-21(33)17-26(27)43-2/h8-9,16-17,23,25H,3-7,10-15,18-19H2,1-2H3,(H,35,36)(H,37,41)(H,39,40). The Labute approximate surface area is 250 Å². The molecule has 236 valence electrons. The van der Waals surface area contributed by atoms with Crippen molar-refractivity contribution in [3.63, 3.8) is 0 Å². The number of nitrogens with one attached hydrogen (secondary N) is 2. The Morgan fingerprint density at radius 3 is 2.65 bits per heavy atom. The van der Waals surface area contributed by atoms with Crippen LogP contribution in [-0.4, -0.2) is 86.1 Å².